The number of nitrogens with zero attached hydrogens (tertiary/aromatic N) is 3. The van der Waals surface area contributed by atoms with E-state index in [2.05, 4.69) is 68.9 Å². The molecule has 0 aliphatic rings. The van der Waals surface area contributed by atoms with E-state index >= 15 is 0 Å². The summed E-state index contributed by atoms with van der Waals surface area (Å²) in [4.78, 5) is 7.25. The molecule has 0 bridgehead atoms. The topological polar surface area (TPSA) is 21.8 Å². The summed E-state index contributed by atoms with van der Waals surface area (Å²) >= 11 is 0. The standard InChI is InChI=1S/C17H40N4/c1-16(2)14-20(6)11-9-18-8-10-19(5)12-13-21(7)15-17(3)4/h16-18H,8-15H2,1-7H3. The van der Waals surface area contributed by atoms with Crippen LogP contribution < -0.4 is 5.32 Å². The minimum absolute atomic E-state index is 0.754. The molecule has 4 nitrogen and oxygen atoms in total. The SMILES string of the molecule is CC(C)CN(C)CCNCCN(C)CCN(C)CC(C)C. The molecular weight excluding hydrogens is 260 g/mol. The highest BCUT2D eigenvalue weighted by Crippen LogP contribution is 1.96. The van der Waals surface area contributed by atoms with E-state index in [4.69, 9.17) is 0 Å². The number of nitrogens with one attached hydrogen (secondary N) is 1. The monoisotopic (exact) mass is 300 g/mol. The van der Waals surface area contributed by atoms with E-state index in [0.29, 0.717) is 0 Å². The molecule has 0 spiro atoms. The molecule has 0 aliphatic heterocycles. The lowest BCUT2D eigenvalue weighted by atomic mass is 10.2. The van der Waals surface area contributed by atoms with Crippen molar-refractivity contribution in [2.75, 3.05) is 73.5 Å². The van der Waals surface area contributed by atoms with Crippen molar-refractivity contribution in [2.45, 2.75) is 27.7 Å². The first-order valence-corrected chi connectivity index (χ1v) is 8.57. The molecule has 0 rings (SSSR count). The van der Waals surface area contributed by atoms with Crippen LogP contribution in [0.3, 0.4) is 0 Å². The molecule has 4 heteroatoms. The number of rotatable bonds is 13. The summed E-state index contributed by atoms with van der Waals surface area (Å²) in [5, 5.41) is 3.54. The first-order chi connectivity index (χ1) is 9.81. The summed E-state index contributed by atoms with van der Waals surface area (Å²) in [7, 11) is 6.64. The summed E-state index contributed by atoms with van der Waals surface area (Å²) in [6, 6.07) is 0. The molecule has 128 valence electrons. The van der Waals surface area contributed by atoms with Crippen LogP contribution in [-0.2, 0) is 0 Å². The normalized spacial score (nSPS) is 12.6. The van der Waals surface area contributed by atoms with E-state index in [1.807, 2.05) is 0 Å². The summed E-state index contributed by atoms with van der Waals surface area (Å²) in [6.07, 6.45) is 0. The Morgan fingerprint density at radius 1 is 0.619 bits per heavy atom. The van der Waals surface area contributed by atoms with E-state index < -0.39 is 0 Å². The van der Waals surface area contributed by atoms with Gasteiger partial charge in [0.15, 0.2) is 0 Å². The largest absolute Gasteiger partial charge is 0.314 e. The average molecular weight is 301 g/mol. The highest BCUT2D eigenvalue weighted by Gasteiger charge is 2.04. The summed E-state index contributed by atoms with van der Waals surface area (Å²) in [6.45, 7) is 18.2. The molecule has 21 heavy (non-hydrogen) atoms. The Labute approximate surface area is 133 Å². The number of hydrogen-bond donors (Lipinski definition) is 1. The van der Waals surface area contributed by atoms with Gasteiger partial charge in [-0.15, -0.1) is 0 Å². The van der Waals surface area contributed by atoms with Crippen molar-refractivity contribution in [2.24, 2.45) is 11.8 Å². The third kappa shape index (κ3) is 14.5. The van der Waals surface area contributed by atoms with E-state index in [-0.39, 0.29) is 0 Å². The fourth-order valence-electron chi connectivity index (χ4n) is 2.55. The highest BCUT2D eigenvalue weighted by atomic mass is 15.2. The first kappa shape index (κ1) is 20.8. The molecule has 0 aromatic heterocycles. The lowest BCUT2D eigenvalue weighted by Crippen LogP contribution is -2.38. The molecule has 0 aliphatic carbocycles. The van der Waals surface area contributed by atoms with Gasteiger partial charge in [-0.3, -0.25) is 0 Å². The Hall–Kier alpha value is -0.160. The van der Waals surface area contributed by atoms with Gasteiger partial charge in [0.25, 0.3) is 0 Å². The van der Waals surface area contributed by atoms with Crippen molar-refractivity contribution >= 4 is 0 Å². The van der Waals surface area contributed by atoms with Crippen molar-refractivity contribution in [1.29, 1.82) is 0 Å². The zero-order valence-corrected chi connectivity index (χ0v) is 15.7. The molecule has 0 aromatic carbocycles. The van der Waals surface area contributed by atoms with E-state index in [9.17, 15) is 0 Å². The third-order valence-corrected chi connectivity index (χ3v) is 3.56. The van der Waals surface area contributed by atoms with Crippen LogP contribution in [0.25, 0.3) is 0 Å². The van der Waals surface area contributed by atoms with Gasteiger partial charge >= 0.3 is 0 Å². The van der Waals surface area contributed by atoms with Crippen LogP contribution in [0, 0.1) is 11.8 Å². The lowest BCUT2D eigenvalue weighted by Gasteiger charge is -2.23. The zero-order valence-electron chi connectivity index (χ0n) is 15.7. The van der Waals surface area contributed by atoms with E-state index in [1.165, 1.54) is 13.1 Å². The maximum Gasteiger partial charge on any atom is 0.0107 e. The van der Waals surface area contributed by atoms with Gasteiger partial charge < -0.3 is 20.0 Å². The molecule has 0 heterocycles. The van der Waals surface area contributed by atoms with Crippen molar-refractivity contribution in [3.05, 3.63) is 0 Å². The summed E-state index contributed by atoms with van der Waals surface area (Å²) < 4.78 is 0. The fraction of sp³-hybridized carbons (Fsp3) is 1.00. The Balaban J connectivity index is 3.47. The minimum atomic E-state index is 0.754. The second-order valence-electron chi connectivity index (χ2n) is 7.37. The maximum atomic E-state index is 3.54. The maximum absolute atomic E-state index is 3.54. The molecular formula is C17H40N4. The van der Waals surface area contributed by atoms with Gasteiger partial charge in [-0.05, 0) is 33.0 Å². The predicted octanol–water partition coefficient (Wildman–Crippen LogP) is 1.68. The van der Waals surface area contributed by atoms with Crippen molar-refractivity contribution < 1.29 is 0 Å². The predicted molar refractivity (Wildman–Crippen MR) is 95.0 cm³/mol. The fourth-order valence-corrected chi connectivity index (χ4v) is 2.55. The van der Waals surface area contributed by atoms with Crippen LogP contribution in [0.1, 0.15) is 27.7 Å². The van der Waals surface area contributed by atoms with E-state index in [1.54, 1.807) is 0 Å². The Morgan fingerprint density at radius 2 is 1.00 bits per heavy atom. The van der Waals surface area contributed by atoms with Crippen LogP contribution >= 0.6 is 0 Å². The quantitative estimate of drug-likeness (QED) is 0.522. The van der Waals surface area contributed by atoms with Crippen molar-refractivity contribution in [3.8, 4) is 0 Å². The molecule has 1 N–H and O–H groups in total. The summed E-state index contributed by atoms with van der Waals surface area (Å²) in [5.74, 6) is 1.51. The lowest BCUT2D eigenvalue weighted by molar-refractivity contribution is 0.238. The van der Waals surface area contributed by atoms with Crippen molar-refractivity contribution in [1.82, 2.24) is 20.0 Å². The van der Waals surface area contributed by atoms with Crippen LogP contribution in [0.5, 0.6) is 0 Å². The molecule has 0 amide bonds. The van der Waals surface area contributed by atoms with Crippen LogP contribution in [0.15, 0.2) is 0 Å². The second-order valence-corrected chi connectivity index (χ2v) is 7.37. The molecule has 0 atom stereocenters. The van der Waals surface area contributed by atoms with Gasteiger partial charge in [0.05, 0.1) is 0 Å². The smallest absolute Gasteiger partial charge is 0.0107 e. The van der Waals surface area contributed by atoms with Crippen LogP contribution in [0.2, 0.25) is 0 Å². The van der Waals surface area contributed by atoms with Crippen LogP contribution in [0.4, 0.5) is 0 Å². The molecule has 0 aromatic rings. The summed E-state index contributed by atoms with van der Waals surface area (Å²) in [5.41, 5.74) is 0. The number of likely N-dealkylation sites (N-methyl/N-ethyl adjacent to an activating group) is 3. The third-order valence-electron chi connectivity index (χ3n) is 3.56. The number of hydrogen-bond acceptors (Lipinski definition) is 4. The first-order valence-electron chi connectivity index (χ1n) is 8.57. The minimum Gasteiger partial charge on any atom is -0.314 e. The van der Waals surface area contributed by atoms with Crippen molar-refractivity contribution in [3.63, 3.8) is 0 Å². The average Bonchev–Trinajstić information content (AvgIpc) is 2.34. The van der Waals surface area contributed by atoms with Gasteiger partial charge in [-0.2, -0.15) is 0 Å². The van der Waals surface area contributed by atoms with Crippen LogP contribution in [-0.4, -0.2) is 88.2 Å². The molecule has 0 saturated carbocycles. The van der Waals surface area contributed by atoms with Gasteiger partial charge in [0, 0.05) is 52.4 Å². The van der Waals surface area contributed by atoms with Gasteiger partial charge in [-0.1, -0.05) is 27.7 Å². The molecule has 0 unspecified atom stereocenters. The highest BCUT2D eigenvalue weighted by molar-refractivity contribution is 4.61. The Morgan fingerprint density at radius 3 is 1.48 bits per heavy atom. The molecule has 0 radical (unpaired) electrons. The Bertz CT molecular complexity index is 231. The zero-order chi connectivity index (χ0) is 16.3. The molecule has 0 saturated heterocycles. The molecule has 0 fully saturated rings. The van der Waals surface area contributed by atoms with E-state index in [0.717, 1.165) is 51.1 Å². The van der Waals surface area contributed by atoms with Gasteiger partial charge in [0.1, 0.15) is 0 Å². The van der Waals surface area contributed by atoms with Gasteiger partial charge in [0.2, 0.25) is 0 Å². The second kappa shape index (κ2) is 12.4. The Kier molecular flexibility index (Phi) is 12.3. The van der Waals surface area contributed by atoms with Gasteiger partial charge in [-0.25, -0.2) is 0 Å².